The molecule has 3 aromatic carbocycles. The lowest BCUT2D eigenvalue weighted by molar-refractivity contribution is 0.0997. The molecule has 7 nitrogen and oxygen atoms in total. The van der Waals surface area contributed by atoms with Crippen molar-refractivity contribution in [3.63, 3.8) is 0 Å². The molecule has 0 saturated carbocycles. The fourth-order valence-corrected chi connectivity index (χ4v) is 3.77. The Morgan fingerprint density at radius 1 is 0.919 bits per heavy atom. The summed E-state index contributed by atoms with van der Waals surface area (Å²) in [4.78, 5) is 17.1. The summed E-state index contributed by atoms with van der Waals surface area (Å²) >= 11 is 0. The number of halogens is 2. The summed E-state index contributed by atoms with van der Waals surface area (Å²) in [5, 5.41) is 27.0. The lowest BCUT2D eigenvalue weighted by Crippen LogP contribution is -2.41. The third-order valence-corrected chi connectivity index (χ3v) is 5.62. The van der Waals surface area contributed by atoms with E-state index in [2.05, 4.69) is 15.6 Å². The monoisotopic (exact) mass is 543 g/mol. The van der Waals surface area contributed by atoms with Gasteiger partial charge >= 0.3 is 0 Å². The average molecular weight is 544 g/mol. The average Bonchev–Trinajstić information content (AvgIpc) is 2.91. The number of aromatic nitrogens is 1. The van der Waals surface area contributed by atoms with Crippen molar-refractivity contribution in [1.29, 1.82) is 0 Å². The van der Waals surface area contributed by atoms with Crippen molar-refractivity contribution in [1.82, 2.24) is 10.3 Å². The number of aliphatic hydroxyl groups is 2. The second-order valence-corrected chi connectivity index (χ2v) is 8.30. The van der Waals surface area contributed by atoms with E-state index in [9.17, 15) is 15.0 Å². The Bertz CT molecular complexity index is 1240. The number of nitrogens with zero attached hydrogens (tertiary/aromatic N) is 1. The summed E-state index contributed by atoms with van der Waals surface area (Å²) in [6.45, 7) is 0.389. The van der Waals surface area contributed by atoms with Gasteiger partial charge in [0.05, 0.1) is 17.7 Å². The van der Waals surface area contributed by atoms with Crippen molar-refractivity contribution >= 4 is 47.3 Å². The van der Waals surface area contributed by atoms with E-state index >= 15 is 0 Å². The van der Waals surface area contributed by atoms with Gasteiger partial charge in [0.25, 0.3) is 5.91 Å². The zero-order valence-electron chi connectivity index (χ0n) is 20.1. The number of ether oxygens (including phenoxy) is 1. The Morgan fingerprint density at radius 3 is 2.38 bits per heavy atom. The number of hydrogen-bond acceptors (Lipinski definition) is 6. The molecule has 1 aromatic heterocycles. The Hall–Kier alpha value is -3.20. The molecular weight excluding hydrogens is 513 g/mol. The summed E-state index contributed by atoms with van der Waals surface area (Å²) in [5.41, 5.74) is 2.86. The number of carbonyl (C=O) groups is 1. The molecule has 0 unspecified atom stereocenters. The number of fused-ring (bicyclic) bond motifs is 1. The Labute approximate surface area is 228 Å². The standard InChI is InChI=1S/C28H29N3O4.2ClH/c32-18-23(30-17-24(33)19-35-25-8-2-1-3-9-25)16-20-11-13-22(14-12-20)31-28(34)26-10-4-6-21-7-5-15-29-27(21)26;;/h1-15,23-24,30,32-33H,16-19H2,(H,31,34);2*1H/t23-,24-;;/m0../s1. The van der Waals surface area contributed by atoms with Crippen LogP contribution in [0.15, 0.2) is 91.1 Å². The van der Waals surface area contributed by atoms with Crippen LogP contribution in [0.3, 0.4) is 0 Å². The van der Waals surface area contributed by atoms with E-state index in [0.29, 0.717) is 35.5 Å². The molecule has 0 bridgehead atoms. The van der Waals surface area contributed by atoms with E-state index in [1.54, 1.807) is 12.3 Å². The summed E-state index contributed by atoms with van der Waals surface area (Å²) in [6.07, 6.45) is 1.55. The van der Waals surface area contributed by atoms with E-state index in [1.165, 1.54) is 0 Å². The Balaban J connectivity index is 0.00000241. The quantitative estimate of drug-likeness (QED) is 0.225. The second-order valence-electron chi connectivity index (χ2n) is 8.30. The Kier molecular flexibility index (Phi) is 12.3. The third kappa shape index (κ3) is 8.70. The molecule has 196 valence electrons. The normalized spacial score (nSPS) is 12.1. The zero-order chi connectivity index (χ0) is 24.5. The molecule has 0 radical (unpaired) electrons. The molecule has 0 aliphatic carbocycles. The minimum Gasteiger partial charge on any atom is -0.491 e. The van der Waals surface area contributed by atoms with Crippen LogP contribution in [0.5, 0.6) is 5.75 Å². The van der Waals surface area contributed by atoms with Crippen LogP contribution in [-0.2, 0) is 6.42 Å². The molecule has 4 rings (SSSR count). The van der Waals surface area contributed by atoms with Crippen LogP contribution in [0.2, 0.25) is 0 Å². The SMILES string of the molecule is Cl.Cl.O=C(Nc1ccc(C[C@@H](CO)NC[C@H](O)COc2ccccc2)cc1)c1cccc2cccnc12. The van der Waals surface area contributed by atoms with Gasteiger partial charge in [-0.2, -0.15) is 0 Å². The van der Waals surface area contributed by atoms with Crippen molar-refractivity contribution < 1.29 is 19.7 Å². The Morgan fingerprint density at radius 2 is 1.65 bits per heavy atom. The van der Waals surface area contributed by atoms with Crippen molar-refractivity contribution in [2.75, 3.05) is 25.1 Å². The zero-order valence-corrected chi connectivity index (χ0v) is 21.8. The maximum atomic E-state index is 12.8. The summed E-state index contributed by atoms with van der Waals surface area (Å²) < 4.78 is 5.56. The predicted molar refractivity (Wildman–Crippen MR) is 151 cm³/mol. The lowest BCUT2D eigenvalue weighted by atomic mass is 10.1. The summed E-state index contributed by atoms with van der Waals surface area (Å²) in [5.74, 6) is 0.484. The number of carbonyl (C=O) groups excluding carboxylic acids is 1. The molecule has 9 heteroatoms. The number of hydrogen-bond donors (Lipinski definition) is 4. The largest absolute Gasteiger partial charge is 0.491 e. The van der Waals surface area contributed by atoms with Gasteiger partial charge in [-0.1, -0.05) is 48.5 Å². The van der Waals surface area contributed by atoms with Crippen LogP contribution in [0, 0.1) is 0 Å². The van der Waals surface area contributed by atoms with Crippen molar-refractivity contribution in [2.45, 2.75) is 18.6 Å². The molecule has 0 aliphatic rings. The molecule has 0 aliphatic heterocycles. The fraction of sp³-hybridized carbons (Fsp3) is 0.214. The topological polar surface area (TPSA) is 104 Å². The predicted octanol–water partition coefficient (Wildman–Crippen LogP) is 4.26. The van der Waals surface area contributed by atoms with Crippen molar-refractivity contribution in [3.8, 4) is 5.75 Å². The van der Waals surface area contributed by atoms with Gasteiger partial charge in [0.1, 0.15) is 18.5 Å². The minimum absolute atomic E-state index is 0. The molecule has 4 aromatic rings. The fourth-order valence-electron chi connectivity index (χ4n) is 3.77. The van der Waals surface area contributed by atoms with Crippen LogP contribution in [0.4, 0.5) is 5.69 Å². The number of amides is 1. The van der Waals surface area contributed by atoms with E-state index in [0.717, 1.165) is 10.9 Å². The van der Waals surface area contributed by atoms with Gasteiger partial charge in [-0.3, -0.25) is 9.78 Å². The van der Waals surface area contributed by atoms with Crippen molar-refractivity contribution in [3.05, 3.63) is 102 Å². The first-order valence-corrected chi connectivity index (χ1v) is 11.6. The van der Waals surface area contributed by atoms with Gasteiger partial charge in [0, 0.05) is 29.9 Å². The van der Waals surface area contributed by atoms with Crippen LogP contribution in [-0.4, -0.2) is 53.0 Å². The molecular formula is C28H31Cl2N3O4. The van der Waals surface area contributed by atoms with E-state index < -0.39 is 6.10 Å². The minimum atomic E-state index is -0.703. The van der Waals surface area contributed by atoms with Gasteiger partial charge in [0.2, 0.25) is 0 Å². The highest BCUT2D eigenvalue weighted by Gasteiger charge is 2.13. The maximum Gasteiger partial charge on any atom is 0.257 e. The third-order valence-electron chi connectivity index (χ3n) is 5.62. The highest BCUT2D eigenvalue weighted by atomic mass is 35.5. The number of benzene rings is 3. The van der Waals surface area contributed by atoms with Gasteiger partial charge in [-0.25, -0.2) is 0 Å². The molecule has 37 heavy (non-hydrogen) atoms. The highest BCUT2D eigenvalue weighted by Crippen LogP contribution is 2.18. The maximum absolute atomic E-state index is 12.8. The highest BCUT2D eigenvalue weighted by molar-refractivity contribution is 6.11. The first kappa shape index (κ1) is 30.0. The first-order chi connectivity index (χ1) is 17.1. The molecule has 4 N–H and O–H groups in total. The summed E-state index contributed by atoms with van der Waals surface area (Å²) in [7, 11) is 0. The number of aliphatic hydroxyl groups excluding tert-OH is 2. The number of para-hydroxylation sites is 2. The molecule has 0 saturated heterocycles. The second kappa shape index (κ2) is 15.1. The molecule has 1 heterocycles. The van der Waals surface area contributed by atoms with E-state index in [4.69, 9.17) is 4.74 Å². The molecule has 1 amide bonds. The number of anilines is 1. The van der Waals surface area contributed by atoms with Crippen molar-refractivity contribution in [2.24, 2.45) is 0 Å². The number of rotatable bonds is 11. The van der Waals surface area contributed by atoms with Crippen LogP contribution in [0.25, 0.3) is 10.9 Å². The number of nitrogens with one attached hydrogen (secondary N) is 2. The van der Waals surface area contributed by atoms with Gasteiger partial charge in [-0.15, -0.1) is 24.8 Å². The van der Waals surface area contributed by atoms with Crippen LogP contribution in [0.1, 0.15) is 15.9 Å². The van der Waals surface area contributed by atoms with Crippen LogP contribution >= 0.6 is 24.8 Å². The van der Waals surface area contributed by atoms with E-state index in [1.807, 2.05) is 78.9 Å². The van der Waals surface area contributed by atoms with Gasteiger partial charge in [-0.05, 0) is 48.4 Å². The van der Waals surface area contributed by atoms with Gasteiger partial charge < -0.3 is 25.6 Å². The smallest absolute Gasteiger partial charge is 0.257 e. The molecule has 0 spiro atoms. The molecule has 0 fully saturated rings. The van der Waals surface area contributed by atoms with E-state index in [-0.39, 0.29) is 50.0 Å². The lowest BCUT2D eigenvalue weighted by Gasteiger charge is -2.19. The molecule has 2 atom stereocenters. The first-order valence-electron chi connectivity index (χ1n) is 11.6. The van der Waals surface area contributed by atoms with Crippen LogP contribution < -0.4 is 15.4 Å². The number of pyridine rings is 1. The van der Waals surface area contributed by atoms with Gasteiger partial charge in [0.15, 0.2) is 0 Å². The summed E-state index contributed by atoms with van der Waals surface area (Å²) in [6, 6.07) is 25.9.